The number of carbonyl (C=O) groups is 2. The van der Waals surface area contributed by atoms with E-state index in [1.165, 1.54) is 18.4 Å². The fraction of sp³-hybridized carbons (Fsp3) is 0.381. The summed E-state index contributed by atoms with van der Waals surface area (Å²) >= 11 is 1.40. The number of fused-ring (bicyclic) bond motifs is 3. The van der Waals surface area contributed by atoms with E-state index in [9.17, 15) is 9.59 Å². The van der Waals surface area contributed by atoms with Crippen LogP contribution in [-0.4, -0.2) is 42.3 Å². The third-order valence-electron chi connectivity index (χ3n) is 4.11. The van der Waals surface area contributed by atoms with Crippen LogP contribution in [0, 0.1) is 0 Å². The van der Waals surface area contributed by atoms with Crippen molar-refractivity contribution in [1.82, 2.24) is 10.3 Å². The maximum Gasteiger partial charge on any atom is 0.407 e. The maximum atomic E-state index is 11.8. The van der Waals surface area contributed by atoms with E-state index in [4.69, 9.17) is 9.47 Å². The molecule has 0 spiro atoms. The third-order valence-corrected chi connectivity index (χ3v) is 5.19. The lowest BCUT2D eigenvalue weighted by Gasteiger charge is -2.22. The number of anilines is 1. The molecule has 7 nitrogen and oxygen atoms in total. The van der Waals surface area contributed by atoms with Crippen molar-refractivity contribution in [3.63, 3.8) is 0 Å². The summed E-state index contributed by atoms with van der Waals surface area (Å²) < 4.78 is 11.1. The second-order valence-electron chi connectivity index (χ2n) is 7.77. The van der Waals surface area contributed by atoms with E-state index in [1.807, 2.05) is 58.0 Å². The summed E-state index contributed by atoms with van der Waals surface area (Å²) in [6.45, 7) is 7.87. The van der Waals surface area contributed by atoms with Crippen molar-refractivity contribution in [1.29, 1.82) is 0 Å². The van der Waals surface area contributed by atoms with Gasteiger partial charge in [-0.15, -0.1) is 11.3 Å². The Bertz CT molecular complexity index is 1060. The molecule has 2 heterocycles. The highest BCUT2D eigenvalue weighted by Gasteiger charge is 2.18. The van der Waals surface area contributed by atoms with E-state index in [1.54, 1.807) is 0 Å². The predicted octanol–water partition coefficient (Wildman–Crippen LogP) is 4.56. The lowest BCUT2D eigenvalue weighted by Crippen LogP contribution is -2.40. The van der Waals surface area contributed by atoms with Gasteiger partial charge in [0, 0.05) is 28.1 Å². The summed E-state index contributed by atoms with van der Waals surface area (Å²) in [7, 11) is 1.38. The molecule has 0 aliphatic carbocycles. The van der Waals surface area contributed by atoms with Crippen molar-refractivity contribution in [3.05, 3.63) is 35.2 Å². The second kappa shape index (κ2) is 8.24. The number of carbonyl (C=O) groups excluding carboxylic acids is 2. The highest BCUT2D eigenvalue weighted by molar-refractivity contribution is 7.20. The van der Waals surface area contributed by atoms with Crippen molar-refractivity contribution in [2.45, 2.75) is 39.3 Å². The van der Waals surface area contributed by atoms with Crippen LogP contribution in [0.5, 0.6) is 0 Å². The van der Waals surface area contributed by atoms with Gasteiger partial charge in [-0.3, -0.25) is 0 Å². The Morgan fingerprint density at radius 1 is 1.17 bits per heavy atom. The van der Waals surface area contributed by atoms with E-state index in [0.29, 0.717) is 17.2 Å². The number of ether oxygens (including phenoxy) is 2. The molecular formula is C21H25N3O4S. The van der Waals surface area contributed by atoms with Gasteiger partial charge < -0.3 is 20.1 Å². The summed E-state index contributed by atoms with van der Waals surface area (Å²) in [4.78, 5) is 28.9. The monoisotopic (exact) mass is 415 g/mol. The van der Waals surface area contributed by atoms with Gasteiger partial charge in [0.1, 0.15) is 16.3 Å². The van der Waals surface area contributed by atoms with E-state index in [0.717, 1.165) is 21.0 Å². The topological polar surface area (TPSA) is 89.5 Å². The number of alkyl carbamates (subject to hydrolysis) is 1. The zero-order valence-electron chi connectivity index (χ0n) is 17.2. The molecular weight excluding hydrogens is 390 g/mol. The number of benzene rings is 1. The number of thiophene rings is 1. The number of esters is 1. The van der Waals surface area contributed by atoms with E-state index < -0.39 is 11.7 Å². The SMILES string of the molecule is COC(=O)c1cc2c(ccc3nc(NC[C@@H](C)NC(=O)OC(C)(C)C)ccc32)s1. The van der Waals surface area contributed by atoms with E-state index >= 15 is 0 Å². The zero-order chi connectivity index (χ0) is 21.2. The Labute approximate surface area is 173 Å². The van der Waals surface area contributed by atoms with Gasteiger partial charge in [-0.05, 0) is 58.0 Å². The van der Waals surface area contributed by atoms with Crippen molar-refractivity contribution in [2.24, 2.45) is 0 Å². The first-order chi connectivity index (χ1) is 13.7. The van der Waals surface area contributed by atoms with Gasteiger partial charge in [-0.25, -0.2) is 14.6 Å². The molecule has 1 amide bonds. The molecule has 0 radical (unpaired) electrons. The number of hydrogen-bond acceptors (Lipinski definition) is 7. The van der Waals surface area contributed by atoms with Crippen LogP contribution in [0.25, 0.3) is 21.0 Å². The van der Waals surface area contributed by atoms with Crippen molar-refractivity contribution in [2.75, 3.05) is 19.0 Å². The van der Waals surface area contributed by atoms with Crippen LogP contribution in [0.15, 0.2) is 30.3 Å². The van der Waals surface area contributed by atoms with Gasteiger partial charge in [0.15, 0.2) is 0 Å². The van der Waals surface area contributed by atoms with Crippen LogP contribution in [0.2, 0.25) is 0 Å². The van der Waals surface area contributed by atoms with Crippen LogP contribution in [0.4, 0.5) is 10.6 Å². The molecule has 0 aliphatic rings. The Kier molecular flexibility index (Phi) is 5.93. The maximum absolute atomic E-state index is 11.8. The Balaban J connectivity index is 1.70. The number of nitrogens with zero attached hydrogens (tertiary/aromatic N) is 1. The van der Waals surface area contributed by atoms with E-state index in [-0.39, 0.29) is 12.0 Å². The van der Waals surface area contributed by atoms with Crippen molar-refractivity contribution < 1.29 is 19.1 Å². The van der Waals surface area contributed by atoms with Crippen LogP contribution < -0.4 is 10.6 Å². The molecule has 0 fully saturated rings. The van der Waals surface area contributed by atoms with Gasteiger partial charge in [0.05, 0.1) is 12.6 Å². The van der Waals surface area contributed by atoms with Gasteiger partial charge >= 0.3 is 12.1 Å². The summed E-state index contributed by atoms with van der Waals surface area (Å²) in [6, 6.07) is 9.46. The van der Waals surface area contributed by atoms with E-state index in [2.05, 4.69) is 15.6 Å². The molecule has 1 aromatic carbocycles. The standard InChI is InChI=1S/C21H25N3O4S/c1-12(23-20(26)28-21(2,3)4)11-22-18-9-6-13-14-10-17(19(25)27-5)29-16(14)8-7-15(13)24-18/h6-10,12H,11H2,1-5H3,(H,22,24)(H,23,26)/t12-/m1/s1. The van der Waals surface area contributed by atoms with Crippen molar-refractivity contribution >= 4 is 50.2 Å². The Hall–Kier alpha value is -2.87. The van der Waals surface area contributed by atoms with Gasteiger partial charge in [-0.2, -0.15) is 0 Å². The third kappa shape index (κ3) is 5.14. The quantitative estimate of drug-likeness (QED) is 0.594. The second-order valence-corrected chi connectivity index (χ2v) is 8.85. The highest BCUT2D eigenvalue weighted by atomic mass is 32.1. The van der Waals surface area contributed by atoms with Crippen LogP contribution >= 0.6 is 11.3 Å². The normalized spacial score (nSPS) is 12.6. The first kappa shape index (κ1) is 20.9. The Morgan fingerprint density at radius 2 is 1.93 bits per heavy atom. The summed E-state index contributed by atoms with van der Waals surface area (Å²) in [5.74, 6) is 0.371. The number of nitrogens with one attached hydrogen (secondary N) is 2. The van der Waals surface area contributed by atoms with Crippen LogP contribution in [0.3, 0.4) is 0 Å². The molecule has 0 saturated heterocycles. The molecule has 8 heteroatoms. The van der Waals surface area contributed by atoms with Crippen molar-refractivity contribution in [3.8, 4) is 0 Å². The van der Waals surface area contributed by atoms with Crippen LogP contribution in [0.1, 0.15) is 37.4 Å². The minimum Gasteiger partial charge on any atom is -0.465 e. The molecule has 2 N–H and O–H groups in total. The Morgan fingerprint density at radius 3 is 2.62 bits per heavy atom. The number of rotatable bonds is 5. The number of amides is 1. The van der Waals surface area contributed by atoms with Gasteiger partial charge in [0.25, 0.3) is 0 Å². The fourth-order valence-corrected chi connectivity index (χ4v) is 3.84. The lowest BCUT2D eigenvalue weighted by molar-refractivity contribution is 0.0510. The predicted molar refractivity (Wildman–Crippen MR) is 116 cm³/mol. The fourth-order valence-electron chi connectivity index (χ4n) is 2.84. The number of pyridine rings is 1. The average Bonchev–Trinajstić information content (AvgIpc) is 3.08. The lowest BCUT2D eigenvalue weighted by atomic mass is 10.1. The molecule has 3 aromatic rings. The molecule has 2 aromatic heterocycles. The van der Waals surface area contributed by atoms with Crippen LogP contribution in [-0.2, 0) is 9.47 Å². The smallest absolute Gasteiger partial charge is 0.407 e. The summed E-state index contributed by atoms with van der Waals surface area (Å²) in [5.41, 5.74) is 0.294. The molecule has 3 rings (SSSR count). The summed E-state index contributed by atoms with van der Waals surface area (Å²) in [6.07, 6.45) is -0.445. The average molecular weight is 416 g/mol. The zero-order valence-corrected chi connectivity index (χ0v) is 18.0. The number of hydrogen-bond donors (Lipinski definition) is 2. The first-order valence-corrected chi connectivity index (χ1v) is 10.1. The minimum absolute atomic E-state index is 0.135. The molecule has 0 bridgehead atoms. The molecule has 29 heavy (non-hydrogen) atoms. The molecule has 154 valence electrons. The number of methoxy groups -OCH3 is 1. The molecule has 0 saturated carbocycles. The minimum atomic E-state index is -0.530. The highest BCUT2D eigenvalue weighted by Crippen LogP contribution is 2.32. The number of aromatic nitrogens is 1. The van der Waals surface area contributed by atoms with Gasteiger partial charge in [0.2, 0.25) is 0 Å². The summed E-state index contributed by atoms with van der Waals surface area (Å²) in [5, 5.41) is 7.98. The molecule has 0 unspecified atom stereocenters. The first-order valence-electron chi connectivity index (χ1n) is 9.31. The largest absolute Gasteiger partial charge is 0.465 e. The molecule has 0 aliphatic heterocycles. The van der Waals surface area contributed by atoms with Gasteiger partial charge in [-0.1, -0.05) is 0 Å². The molecule has 1 atom stereocenters.